The Kier molecular flexibility index (Phi) is 3.35. The summed E-state index contributed by atoms with van der Waals surface area (Å²) in [6.45, 7) is 5.99. The highest BCUT2D eigenvalue weighted by Gasteiger charge is 2.38. The van der Waals surface area contributed by atoms with Crippen LogP contribution in [0.1, 0.15) is 18.9 Å². The van der Waals surface area contributed by atoms with Crippen molar-refractivity contribution in [2.24, 2.45) is 5.92 Å². The van der Waals surface area contributed by atoms with Gasteiger partial charge in [0, 0.05) is 18.2 Å². The molecule has 0 radical (unpaired) electrons. The number of anilines is 1. The molecule has 2 atom stereocenters. The van der Waals surface area contributed by atoms with Crippen LogP contribution in [0.3, 0.4) is 0 Å². The molecule has 2 unspecified atom stereocenters. The lowest BCUT2D eigenvalue weighted by Gasteiger charge is -2.39. The summed E-state index contributed by atoms with van der Waals surface area (Å²) in [4.78, 5) is 0. The Morgan fingerprint density at radius 1 is 1.47 bits per heavy atom. The van der Waals surface area contributed by atoms with Gasteiger partial charge in [0.25, 0.3) is 0 Å². The third-order valence-electron chi connectivity index (χ3n) is 3.69. The average Bonchev–Trinajstić information content (AvgIpc) is 2.35. The number of rotatable bonds is 2. The molecule has 0 aliphatic carbocycles. The lowest BCUT2D eigenvalue weighted by Crippen LogP contribution is -2.53. The first-order valence-electron chi connectivity index (χ1n) is 6.14. The van der Waals surface area contributed by atoms with E-state index in [1.807, 2.05) is 18.2 Å². The zero-order chi connectivity index (χ0) is 12.3. The highest BCUT2D eigenvalue weighted by molar-refractivity contribution is 5.54. The third kappa shape index (κ3) is 2.27. The molecule has 1 aliphatic heterocycles. The quantitative estimate of drug-likeness (QED) is 0.818. The summed E-state index contributed by atoms with van der Waals surface area (Å²) < 4.78 is 0. The Morgan fingerprint density at radius 3 is 2.88 bits per heavy atom. The van der Waals surface area contributed by atoms with Gasteiger partial charge in [-0.15, -0.1) is 0 Å². The van der Waals surface area contributed by atoms with Crippen molar-refractivity contribution in [3.63, 3.8) is 0 Å². The van der Waals surface area contributed by atoms with Crippen LogP contribution in [0.5, 0.6) is 0 Å². The molecule has 0 aromatic heterocycles. The van der Waals surface area contributed by atoms with Crippen LogP contribution in [0.15, 0.2) is 24.3 Å². The van der Waals surface area contributed by atoms with Gasteiger partial charge in [-0.3, -0.25) is 0 Å². The number of hydrogen-bond acceptors (Lipinski definition) is 3. The van der Waals surface area contributed by atoms with E-state index in [0.29, 0.717) is 5.92 Å². The second kappa shape index (κ2) is 4.77. The van der Waals surface area contributed by atoms with Crippen LogP contribution in [-0.4, -0.2) is 18.6 Å². The maximum atomic E-state index is 9.52. The Hall–Kier alpha value is -1.53. The molecule has 1 aromatic rings. The topological polar surface area (TPSA) is 47.9 Å². The number of nitrogens with one attached hydrogen (secondary N) is 2. The van der Waals surface area contributed by atoms with E-state index in [1.54, 1.807) is 0 Å². The van der Waals surface area contributed by atoms with E-state index in [1.165, 1.54) is 5.56 Å². The molecule has 0 saturated carbocycles. The second-order valence-corrected chi connectivity index (χ2v) is 4.88. The van der Waals surface area contributed by atoms with Crippen molar-refractivity contribution < 1.29 is 0 Å². The summed E-state index contributed by atoms with van der Waals surface area (Å²) in [6, 6.07) is 10.6. The summed E-state index contributed by atoms with van der Waals surface area (Å²) in [5, 5.41) is 16.3. The molecule has 17 heavy (non-hydrogen) atoms. The van der Waals surface area contributed by atoms with Crippen molar-refractivity contribution in [2.45, 2.75) is 25.8 Å². The molecule has 1 saturated heterocycles. The minimum Gasteiger partial charge on any atom is -0.367 e. The van der Waals surface area contributed by atoms with Crippen LogP contribution in [0, 0.1) is 24.2 Å². The minimum absolute atomic E-state index is 0.306. The predicted octanol–water partition coefficient (Wildman–Crippen LogP) is 2.30. The highest BCUT2D eigenvalue weighted by atomic mass is 15.0. The van der Waals surface area contributed by atoms with Crippen molar-refractivity contribution >= 4 is 5.69 Å². The zero-order valence-corrected chi connectivity index (χ0v) is 10.5. The van der Waals surface area contributed by atoms with Gasteiger partial charge in [-0.1, -0.05) is 25.1 Å². The molecule has 3 heteroatoms. The first-order valence-corrected chi connectivity index (χ1v) is 6.14. The van der Waals surface area contributed by atoms with E-state index in [2.05, 4.69) is 36.6 Å². The molecule has 0 amide bonds. The first kappa shape index (κ1) is 11.9. The second-order valence-electron chi connectivity index (χ2n) is 4.88. The highest BCUT2D eigenvalue weighted by Crippen LogP contribution is 2.29. The number of nitriles is 1. The molecule has 2 rings (SSSR count). The molecule has 0 bridgehead atoms. The molecule has 3 nitrogen and oxygen atoms in total. The van der Waals surface area contributed by atoms with Crippen molar-refractivity contribution in [2.75, 3.05) is 18.4 Å². The van der Waals surface area contributed by atoms with Gasteiger partial charge >= 0.3 is 0 Å². The van der Waals surface area contributed by atoms with Crippen molar-refractivity contribution in [1.82, 2.24) is 5.32 Å². The zero-order valence-electron chi connectivity index (χ0n) is 10.5. The molecule has 1 fully saturated rings. The monoisotopic (exact) mass is 229 g/mol. The number of benzene rings is 1. The number of para-hydroxylation sites is 1. The average molecular weight is 229 g/mol. The number of nitrogens with zero attached hydrogens (tertiary/aromatic N) is 1. The lowest BCUT2D eigenvalue weighted by atomic mass is 9.80. The van der Waals surface area contributed by atoms with Gasteiger partial charge in [0.15, 0.2) is 0 Å². The number of hydrogen-bond donors (Lipinski definition) is 2. The van der Waals surface area contributed by atoms with E-state index in [-0.39, 0.29) is 0 Å². The SMILES string of the molecule is Cc1ccccc1NC1(C#N)CCNCC1C. The van der Waals surface area contributed by atoms with Crippen LogP contribution in [0.25, 0.3) is 0 Å². The summed E-state index contributed by atoms with van der Waals surface area (Å²) >= 11 is 0. The van der Waals surface area contributed by atoms with Gasteiger partial charge in [0.05, 0.1) is 6.07 Å². The molecule has 0 spiro atoms. The Balaban J connectivity index is 2.26. The van der Waals surface area contributed by atoms with Gasteiger partial charge in [-0.05, 0) is 31.5 Å². The first-order chi connectivity index (χ1) is 8.18. The Bertz CT molecular complexity index is 435. The molecule has 1 aromatic carbocycles. The molecule has 90 valence electrons. The van der Waals surface area contributed by atoms with Crippen molar-refractivity contribution in [3.8, 4) is 6.07 Å². The normalized spacial score (nSPS) is 28.4. The fraction of sp³-hybridized carbons (Fsp3) is 0.500. The van der Waals surface area contributed by atoms with Crippen molar-refractivity contribution in [1.29, 1.82) is 5.26 Å². The van der Waals surface area contributed by atoms with E-state index in [0.717, 1.165) is 25.2 Å². The summed E-state index contributed by atoms with van der Waals surface area (Å²) in [6.07, 6.45) is 0.846. The van der Waals surface area contributed by atoms with Gasteiger partial charge in [0.2, 0.25) is 0 Å². The standard InChI is InChI=1S/C14H19N3/c1-11-5-3-4-6-13(11)17-14(10-15)7-8-16-9-12(14)2/h3-6,12,16-17H,7-9H2,1-2H3. The van der Waals surface area contributed by atoms with Crippen LogP contribution >= 0.6 is 0 Å². The van der Waals surface area contributed by atoms with Crippen molar-refractivity contribution in [3.05, 3.63) is 29.8 Å². The largest absolute Gasteiger partial charge is 0.367 e. The molecular formula is C14H19N3. The Morgan fingerprint density at radius 2 is 2.24 bits per heavy atom. The Labute approximate surface area is 103 Å². The molecular weight excluding hydrogens is 210 g/mol. The summed E-state index contributed by atoms with van der Waals surface area (Å²) in [5.74, 6) is 0.306. The van der Waals surface area contributed by atoms with Crippen LogP contribution in [-0.2, 0) is 0 Å². The predicted molar refractivity (Wildman–Crippen MR) is 69.8 cm³/mol. The van der Waals surface area contributed by atoms with Crippen LogP contribution < -0.4 is 10.6 Å². The van der Waals surface area contributed by atoms with Gasteiger partial charge in [0.1, 0.15) is 5.54 Å². The van der Waals surface area contributed by atoms with Crippen LogP contribution in [0.2, 0.25) is 0 Å². The van der Waals surface area contributed by atoms with E-state index in [4.69, 9.17) is 0 Å². The van der Waals surface area contributed by atoms with Gasteiger partial charge < -0.3 is 10.6 Å². The summed E-state index contributed by atoms with van der Waals surface area (Å²) in [5.41, 5.74) is 1.83. The van der Waals surface area contributed by atoms with Gasteiger partial charge in [-0.25, -0.2) is 0 Å². The van der Waals surface area contributed by atoms with Gasteiger partial charge in [-0.2, -0.15) is 5.26 Å². The van der Waals surface area contributed by atoms with Crippen LogP contribution in [0.4, 0.5) is 5.69 Å². The fourth-order valence-corrected chi connectivity index (χ4v) is 2.36. The number of piperidine rings is 1. The fourth-order valence-electron chi connectivity index (χ4n) is 2.36. The molecule has 1 aliphatic rings. The number of aryl methyl sites for hydroxylation is 1. The minimum atomic E-state index is -0.433. The molecule has 2 N–H and O–H groups in total. The lowest BCUT2D eigenvalue weighted by molar-refractivity contribution is 0.304. The van der Waals surface area contributed by atoms with E-state index in [9.17, 15) is 5.26 Å². The van der Waals surface area contributed by atoms with E-state index < -0.39 is 5.54 Å². The maximum Gasteiger partial charge on any atom is 0.130 e. The third-order valence-corrected chi connectivity index (χ3v) is 3.69. The maximum absolute atomic E-state index is 9.52. The summed E-state index contributed by atoms with van der Waals surface area (Å²) in [7, 11) is 0. The van der Waals surface area contributed by atoms with E-state index >= 15 is 0 Å². The smallest absolute Gasteiger partial charge is 0.130 e. The molecule has 1 heterocycles.